The lowest BCUT2D eigenvalue weighted by atomic mass is 10.1. The highest BCUT2D eigenvalue weighted by Crippen LogP contribution is 2.29. The number of anilines is 1. The molecule has 7 nitrogen and oxygen atoms in total. The van der Waals surface area contributed by atoms with Crippen molar-refractivity contribution in [2.45, 2.75) is 38.1 Å². The molecule has 2 aliphatic rings. The third-order valence-electron chi connectivity index (χ3n) is 4.46. The maximum atomic E-state index is 12.1. The Kier molecular flexibility index (Phi) is 4.22. The van der Waals surface area contributed by atoms with Crippen LogP contribution in [0.1, 0.15) is 42.6 Å². The quantitative estimate of drug-likeness (QED) is 0.853. The van der Waals surface area contributed by atoms with E-state index >= 15 is 0 Å². The zero-order chi connectivity index (χ0) is 15.5. The summed E-state index contributed by atoms with van der Waals surface area (Å²) in [5.74, 6) is -0.0236. The van der Waals surface area contributed by atoms with Crippen LogP contribution < -0.4 is 5.32 Å². The van der Waals surface area contributed by atoms with Gasteiger partial charge in [-0.3, -0.25) is 4.79 Å². The van der Waals surface area contributed by atoms with Crippen molar-refractivity contribution < 1.29 is 14.7 Å². The summed E-state index contributed by atoms with van der Waals surface area (Å²) in [7, 11) is 0. The number of amides is 1. The third kappa shape index (κ3) is 3.18. The van der Waals surface area contributed by atoms with Crippen LogP contribution in [0.4, 0.5) is 5.82 Å². The molecule has 0 aromatic carbocycles. The molecule has 3 rings (SSSR count). The van der Waals surface area contributed by atoms with Crippen molar-refractivity contribution in [3.05, 3.63) is 17.8 Å². The second-order valence-electron chi connectivity index (χ2n) is 6.04. The highest BCUT2D eigenvalue weighted by molar-refractivity contribution is 5.85. The fraction of sp³-hybridized carbons (Fsp3) is 0.600. The predicted octanol–water partition coefficient (Wildman–Crippen LogP) is 1.38. The number of carboxylic acid groups (broad SMARTS) is 1. The number of aromatic carboxylic acids is 1. The zero-order valence-corrected chi connectivity index (χ0v) is 12.4. The van der Waals surface area contributed by atoms with Gasteiger partial charge in [0.1, 0.15) is 5.82 Å². The Morgan fingerprint density at radius 1 is 1.32 bits per heavy atom. The van der Waals surface area contributed by atoms with E-state index in [0.717, 1.165) is 19.4 Å². The summed E-state index contributed by atoms with van der Waals surface area (Å²) >= 11 is 0. The topological polar surface area (TPSA) is 95.4 Å². The molecule has 1 aromatic heterocycles. The summed E-state index contributed by atoms with van der Waals surface area (Å²) in [5, 5.41) is 19.4. The van der Waals surface area contributed by atoms with E-state index in [1.165, 1.54) is 18.9 Å². The van der Waals surface area contributed by atoms with E-state index in [0.29, 0.717) is 24.8 Å². The fourth-order valence-electron chi connectivity index (χ4n) is 3.30. The van der Waals surface area contributed by atoms with Crippen LogP contribution in [0.2, 0.25) is 0 Å². The van der Waals surface area contributed by atoms with Crippen molar-refractivity contribution in [1.29, 1.82) is 0 Å². The van der Waals surface area contributed by atoms with Gasteiger partial charge in [-0.25, -0.2) is 4.79 Å². The van der Waals surface area contributed by atoms with Gasteiger partial charge in [-0.2, -0.15) is 0 Å². The second-order valence-corrected chi connectivity index (χ2v) is 6.04. The Labute approximate surface area is 128 Å². The Hall–Kier alpha value is -2.18. The number of rotatable bonds is 5. The van der Waals surface area contributed by atoms with E-state index in [1.807, 2.05) is 4.90 Å². The van der Waals surface area contributed by atoms with Gasteiger partial charge in [0.25, 0.3) is 0 Å². The lowest BCUT2D eigenvalue weighted by molar-refractivity contribution is -0.129. The lowest BCUT2D eigenvalue weighted by Gasteiger charge is -2.24. The fourth-order valence-corrected chi connectivity index (χ4v) is 3.30. The van der Waals surface area contributed by atoms with Gasteiger partial charge in [-0.05, 0) is 25.0 Å². The van der Waals surface area contributed by atoms with Gasteiger partial charge >= 0.3 is 5.97 Å². The number of carboxylic acids is 1. The number of carbonyl (C=O) groups is 2. The summed E-state index contributed by atoms with van der Waals surface area (Å²) in [6.07, 6.45) is 5.29. The van der Waals surface area contributed by atoms with Crippen molar-refractivity contribution in [3.8, 4) is 0 Å². The van der Waals surface area contributed by atoms with Crippen molar-refractivity contribution in [2.24, 2.45) is 5.92 Å². The first-order valence-corrected chi connectivity index (χ1v) is 7.74. The molecule has 0 radical (unpaired) electrons. The van der Waals surface area contributed by atoms with Crippen LogP contribution in [0.5, 0.6) is 0 Å². The van der Waals surface area contributed by atoms with E-state index in [-0.39, 0.29) is 17.5 Å². The van der Waals surface area contributed by atoms with Crippen molar-refractivity contribution in [1.82, 2.24) is 15.1 Å². The van der Waals surface area contributed by atoms with Gasteiger partial charge < -0.3 is 15.3 Å². The molecule has 1 aromatic rings. The molecule has 118 valence electrons. The largest absolute Gasteiger partial charge is 0.476 e. The standard InChI is InChI=1S/C15H20N4O3/c20-14-7-10(9-19(14)11-3-1-2-4-11)8-16-13-6-5-12(15(21)22)17-18-13/h5-6,10-11H,1-4,7-9H2,(H,16,18)(H,21,22). The van der Waals surface area contributed by atoms with Crippen LogP contribution in [-0.2, 0) is 4.79 Å². The monoisotopic (exact) mass is 304 g/mol. The Balaban J connectivity index is 1.51. The number of nitrogens with one attached hydrogen (secondary N) is 1. The highest BCUT2D eigenvalue weighted by Gasteiger charge is 2.35. The molecule has 0 spiro atoms. The van der Waals surface area contributed by atoms with Crippen LogP contribution in [0.3, 0.4) is 0 Å². The van der Waals surface area contributed by atoms with Gasteiger partial charge in [0.05, 0.1) is 0 Å². The number of aromatic nitrogens is 2. The van der Waals surface area contributed by atoms with E-state index < -0.39 is 5.97 Å². The minimum atomic E-state index is -1.09. The van der Waals surface area contributed by atoms with Crippen LogP contribution in [-0.4, -0.2) is 51.2 Å². The maximum absolute atomic E-state index is 12.1. The number of hydrogen-bond acceptors (Lipinski definition) is 5. The van der Waals surface area contributed by atoms with Crippen LogP contribution in [0.15, 0.2) is 12.1 Å². The smallest absolute Gasteiger partial charge is 0.356 e. The molecule has 2 N–H and O–H groups in total. The van der Waals surface area contributed by atoms with Crippen LogP contribution in [0, 0.1) is 5.92 Å². The van der Waals surface area contributed by atoms with Crippen molar-refractivity contribution >= 4 is 17.7 Å². The summed E-state index contributed by atoms with van der Waals surface area (Å²) in [4.78, 5) is 24.9. The second kappa shape index (κ2) is 6.29. The third-order valence-corrected chi connectivity index (χ3v) is 4.46. The lowest BCUT2D eigenvalue weighted by Crippen LogP contribution is -2.34. The Bertz CT molecular complexity index is 554. The molecule has 0 bridgehead atoms. The van der Waals surface area contributed by atoms with Crippen molar-refractivity contribution in [3.63, 3.8) is 0 Å². The molecular weight excluding hydrogens is 284 g/mol. The van der Waals surface area contributed by atoms with E-state index in [4.69, 9.17) is 5.11 Å². The predicted molar refractivity (Wildman–Crippen MR) is 79.6 cm³/mol. The first-order valence-electron chi connectivity index (χ1n) is 7.74. The average molecular weight is 304 g/mol. The molecule has 1 aliphatic carbocycles. The normalized spacial score (nSPS) is 22.3. The summed E-state index contributed by atoms with van der Waals surface area (Å²) in [5.41, 5.74) is -0.0750. The number of carbonyl (C=O) groups excluding carboxylic acids is 1. The van der Waals surface area contributed by atoms with E-state index in [9.17, 15) is 9.59 Å². The molecule has 1 amide bonds. The number of nitrogens with zero attached hydrogens (tertiary/aromatic N) is 3. The van der Waals surface area contributed by atoms with Gasteiger partial charge in [0.2, 0.25) is 5.91 Å². The van der Waals surface area contributed by atoms with Crippen LogP contribution >= 0.6 is 0 Å². The highest BCUT2D eigenvalue weighted by atomic mass is 16.4. The molecule has 1 unspecified atom stereocenters. The summed E-state index contributed by atoms with van der Waals surface area (Å²) in [6.45, 7) is 1.45. The van der Waals surface area contributed by atoms with E-state index in [2.05, 4.69) is 15.5 Å². The molecule has 7 heteroatoms. The summed E-state index contributed by atoms with van der Waals surface area (Å²) < 4.78 is 0. The molecule has 1 saturated heterocycles. The minimum Gasteiger partial charge on any atom is -0.476 e. The summed E-state index contributed by atoms with van der Waals surface area (Å²) in [6, 6.07) is 3.46. The molecule has 22 heavy (non-hydrogen) atoms. The minimum absolute atomic E-state index is 0.0750. The molecule has 2 heterocycles. The number of likely N-dealkylation sites (tertiary alicyclic amines) is 1. The van der Waals surface area contributed by atoms with Crippen LogP contribution in [0.25, 0.3) is 0 Å². The maximum Gasteiger partial charge on any atom is 0.356 e. The molecular formula is C15H20N4O3. The van der Waals surface area contributed by atoms with Gasteiger partial charge in [-0.15, -0.1) is 10.2 Å². The molecule has 1 atom stereocenters. The zero-order valence-electron chi connectivity index (χ0n) is 12.4. The molecule has 1 saturated carbocycles. The Morgan fingerprint density at radius 3 is 2.73 bits per heavy atom. The van der Waals surface area contributed by atoms with Crippen molar-refractivity contribution in [2.75, 3.05) is 18.4 Å². The van der Waals surface area contributed by atoms with E-state index in [1.54, 1.807) is 6.07 Å². The Morgan fingerprint density at radius 2 is 2.09 bits per heavy atom. The van der Waals surface area contributed by atoms with Gasteiger partial charge in [0.15, 0.2) is 5.69 Å². The first kappa shape index (κ1) is 14.7. The molecule has 2 fully saturated rings. The molecule has 1 aliphatic heterocycles. The van der Waals surface area contributed by atoms with Gasteiger partial charge in [0, 0.05) is 31.5 Å². The SMILES string of the molecule is O=C(O)c1ccc(NCC2CC(=O)N(C3CCCC3)C2)nn1. The van der Waals surface area contributed by atoms with Gasteiger partial charge in [-0.1, -0.05) is 12.8 Å². The average Bonchev–Trinajstić information content (AvgIpc) is 3.14. The number of hydrogen-bond donors (Lipinski definition) is 2. The first-order chi connectivity index (χ1) is 10.6.